The topological polar surface area (TPSA) is 49.3 Å². The molecule has 1 saturated carbocycles. The number of rotatable bonds is 5. The Morgan fingerprint density at radius 2 is 2.24 bits per heavy atom. The van der Waals surface area contributed by atoms with Crippen molar-refractivity contribution in [3.8, 4) is 0 Å². The smallest absolute Gasteiger partial charge is 0.335 e. The molecule has 2 N–H and O–H groups in total. The highest BCUT2D eigenvalue weighted by molar-refractivity contribution is 8.00. The molecule has 0 aromatic heterocycles. The van der Waals surface area contributed by atoms with Crippen LogP contribution in [0.4, 0.5) is 5.69 Å². The van der Waals surface area contributed by atoms with Gasteiger partial charge in [-0.3, -0.25) is 0 Å². The van der Waals surface area contributed by atoms with E-state index in [2.05, 4.69) is 11.6 Å². The number of hydrogen-bond acceptors (Lipinski definition) is 3. The van der Waals surface area contributed by atoms with Gasteiger partial charge in [0.15, 0.2) is 0 Å². The Balaban J connectivity index is 2.03. The number of carbonyl (C=O) groups is 1. The maximum atomic E-state index is 10.9. The molecule has 17 heavy (non-hydrogen) atoms. The molecule has 1 aliphatic carbocycles. The summed E-state index contributed by atoms with van der Waals surface area (Å²) in [6, 6.07) is 5.41. The van der Waals surface area contributed by atoms with Crippen molar-refractivity contribution >= 4 is 23.4 Å². The molecule has 0 heterocycles. The van der Waals surface area contributed by atoms with Gasteiger partial charge >= 0.3 is 5.97 Å². The summed E-state index contributed by atoms with van der Waals surface area (Å²) in [7, 11) is 0. The van der Waals surface area contributed by atoms with E-state index in [1.807, 2.05) is 30.8 Å². The van der Waals surface area contributed by atoms with Crippen molar-refractivity contribution in [1.29, 1.82) is 0 Å². The van der Waals surface area contributed by atoms with Crippen LogP contribution >= 0.6 is 11.8 Å². The fourth-order valence-electron chi connectivity index (χ4n) is 1.87. The third kappa shape index (κ3) is 2.75. The molecule has 1 aromatic carbocycles. The monoisotopic (exact) mass is 251 g/mol. The number of carboxylic acid groups (broad SMARTS) is 1. The van der Waals surface area contributed by atoms with Gasteiger partial charge in [-0.1, -0.05) is 0 Å². The first kappa shape index (κ1) is 12.3. The lowest BCUT2D eigenvalue weighted by Crippen LogP contribution is -2.17. The normalized spacial score (nSPS) is 16.6. The molecular formula is C13H17NO2S. The van der Waals surface area contributed by atoms with Crippen LogP contribution in [0.5, 0.6) is 0 Å². The molecule has 4 heteroatoms. The number of aryl methyl sites for hydroxylation is 1. The Kier molecular flexibility index (Phi) is 3.33. The van der Waals surface area contributed by atoms with Gasteiger partial charge in [0.25, 0.3) is 0 Å². The minimum absolute atomic E-state index is 0.376. The van der Waals surface area contributed by atoms with Crippen LogP contribution in [0, 0.1) is 6.92 Å². The molecule has 0 atom stereocenters. The molecule has 0 bridgehead atoms. The van der Waals surface area contributed by atoms with Crippen molar-refractivity contribution in [2.75, 3.05) is 18.1 Å². The molecule has 0 radical (unpaired) electrons. The van der Waals surface area contributed by atoms with Crippen molar-refractivity contribution in [2.45, 2.75) is 24.5 Å². The van der Waals surface area contributed by atoms with E-state index in [1.54, 1.807) is 6.07 Å². The summed E-state index contributed by atoms with van der Waals surface area (Å²) in [5.74, 6) is -0.864. The number of thioether (sulfide) groups is 1. The summed E-state index contributed by atoms with van der Waals surface area (Å²) >= 11 is 1.91. The number of aromatic carboxylic acids is 1. The highest BCUT2D eigenvalue weighted by Crippen LogP contribution is 2.47. The second-order valence-electron chi connectivity index (χ2n) is 4.58. The summed E-state index contributed by atoms with van der Waals surface area (Å²) < 4.78 is 0.416. The van der Waals surface area contributed by atoms with Gasteiger partial charge in [0.1, 0.15) is 0 Å². The molecule has 0 aliphatic heterocycles. The molecule has 0 amide bonds. The fourth-order valence-corrected chi connectivity index (χ4v) is 2.60. The molecule has 1 fully saturated rings. The van der Waals surface area contributed by atoms with Crippen LogP contribution in [0.15, 0.2) is 18.2 Å². The van der Waals surface area contributed by atoms with Crippen LogP contribution < -0.4 is 5.32 Å². The summed E-state index contributed by atoms with van der Waals surface area (Å²) in [5, 5.41) is 12.3. The maximum Gasteiger partial charge on any atom is 0.335 e. The van der Waals surface area contributed by atoms with E-state index in [9.17, 15) is 4.79 Å². The van der Waals surface area contributed by atoms with E-state index in [0.717, 1.165) is 17.8 Å². The van der Waals surface area contributed by atoms with E-state index in [1.165, 1.54) is 12.8 Å². The van der Waals surface area contributed by atoms with Crippen LogP contribution in [0.25, 0.3) is 0 Å². The van der Waals surface area contributed by atoms with Crippen LogP contribution in [0.3, 0.4) is 0 Å². The predicted molar refractivity (Wildman–Crippen MR) is 72.1 cm³/mol. The van der Waals surface area contributed by atoms with Crippen molar-refractivity contribution in [3.05, 3.63) is 29.3 Å². The second kappa shape index (κ2) is 4.61. The zero-order chi connectivity index (χ0) is 12.5. The lowest BCUT2D eigenvalue weighted by atomic mass is 10.1. The van der Waals surface area contributed by atoms with Crippen molar-refractivity contribution in [1.82, 2.24) is 0 Å². The molecule has 2 rings (SSSR count). The Hall–Kier alpha value is -1.16. The second-order valence-corrected chi connectivity index (χ2v) is 5.85. The Morgan fingerprint density at radius 1 is 1.53 bits per heavy atom. The number of carboxylic acids is 1. The first-order chi connectivity index (χ1) is 8.06. The lowest BCUT2D eigenvalue weighted by Gasteiger charge is -2.14. The maximum absolute atomic E-state index is 10.9. The first-order valence-corrected chi connectivity index (χ1v) is 6.92. The highest BCUT2D eigenvalue weighted by Gasteiger charge is 2.41. The van der Waals surface area contributed by atoms with Crippen molar-refractivity contribution in [2.24, 2.45) is 0 Å². The number of hydrogen-bond donors (Lipinski definition) is 2. The van der Waals surface area contributed by atoms with Gasteiger partial charge in [-0.05, 0) is 49.8 Å². The molecular weight excluding hydrogens is 234 g/mol. The minimum Gasteiger partial charge on any atom is -0.478 e. The van der Waals surface area contributed by atoms with Crippen LogP contribution in [0.2, 0.25) is 0 Å². The zero-order valence-electron chi connectivity index (χ0n) is 10.1. The lowest BCUT2D eigenvalue weighted by molar-refractivity contribution is 0.0696. The van der Waals surface area contributed by atoms with Gasteiger partial charge in [0, 0.05) is 17.0 Å². The van der Waals surface area contributed by atoms with E-state index < -0.39 is 5.97 Å². The molecule has 1 aliphatic rings. The summed E-state index contributed by atoms with van der Waals surface area (Å²) in [5.41, 5.74) is 2.19. The standard InChI is InChI=1S/C13H17NO2S/c1-9-7-10(3-4-11(9)12(15)16)14-8-13(17-2)5-6-13/h3-4,7,14H,5-6,8H2,1-2H3,(H,15,16). The van der Waals surface area contributed by atoms with Crippen LogP contribution in [0.1, 0.15) is 28.8 Å². The number of nitrogens with one attached hydrogen (secondary N) is 1. The van der Waals surface area contributed by atoms with Gasteiger partial charge in [-0.25, -0.2) is 4.79 Å². The molecule has 0 unspecified atom stereocenters. The van der Waals surface area contributed by atoms with Crippen molar-refractivity contribution in [3.63, 3.8) is 0 Å². The first-order valence-electron chi connectivity index (χ1n) is 5.69. The zero-order valence-corrected chi connectivity index (χ0v) is 10.9. The molecule has 0 saturated heterocycles. The van der Waals surface area contributed by atoms with Crippen LogP contribution in [-0.2, 0) is 0 Å². The number of benzene rings is 1. The minimum atomic E-state index is -0.864. The van der Waals surface area contributed by atoms with Gasteiger partial charge in [-0.2, -0.15) is 11.8 Å². The molecule has 3 nitrogen and oxygen atoms in total. The predicted octanol–water partition coefficient (Wildman–Crippen LogP) is 3.00. The summed E-state index contributed by atoms with van der Waals surface area (Å²) in [4.78, 5) is 10.9. The van der Waals surface area contributed by atoms with Crippen LogP contribution in [-0.4, -0.2) is 28.6 Å². The third-order valence-electron chi connectivity index (χ3n) is 3.31. The van der Waals surface area contributed by atoms with E-state index in [-0.39, 0.29) is 0 Å². The van der Waals surface area contributed by atoms with Gasteiger partial charge in [-0.15, -0.1) is 0 Å². The molecule has 1 aromatic rings. The molecule has 92 valence electrons. The fraction of sp³-hybridized carbons (Fsp3) is 0.462. The Labute approximate surface area is 106 Å². The highest BCUT2D eigenvalue weighted by atomic mass is 32.2. The third-order valence-corrected chi connectivity index (χ3v) is 4.73. The number of anilines is 1. The SMILES string of the molecule is CSC1(CNc2ccc(C(=O)O)c(C)c2)CC1. The Morgan fingerprint density at radius 3 is 2.71 bits per heavy atom. The Bertz CT molecular complexity index is 441. The average molecular weight is 251 g/mol. The quantitative estimate of drug-likeness (QED) is 0.844. The largest absolute Gasteiger partial charge is 0.478 e. The van der Waals surface area contributed by atoms with E-state index >= 15 is 0 Å². The summed E-state index contributed by atoms with van der Waals surface area (Å²) in [6.07, 6.45) is 4.69. The van der Waals surface area contributed by atoms with Crippen molar-refractivity contribution < 1.29 is 9.90 Å². The summed E-state index contributed by atoms with van der Waals surface area (Å²) in [6.45, 7) is 2.79. The van der Waals surface area contributed by atoms with Gasteiger partial charge in [0.05, 0.1) is 5.56 Å². The van der Waals surface area contributed by atoms with Gasteiger partial charge in [0.2, 0.25) is 0 Å². The molecule has 0 spiro atoms. The average Bonchev–Trinajstić information content (AvgIpc) is 3.07. The van der Waals surface area contributed by atoms with E-state index in [0.29, 0.717) is 10.3 Å². The van der Waals surface area contributed by atoms with Gasteiger partial charge < -0.3 is 10.4 Å². The van der Waals surface area contributed by atoms with E-state index in [4.69, 9.17) is 5.11 Å².